The number of hydrogen-bond donors (Lipinski definition) is 0. The van der Waals surface area contributed by atoms with Crippen LogP contribution in [0.15, 0.2) is 217 Å². The maximum Gasteiger partial charge on any atom is 0.135 e. The van der Waals surface area contributed by atoms with E-state index in [4.69, 9.17) is 4.42 Å². The van der Waals surface area contributed by atoms with Crippen molar-refractivity contribution in [2.45, 2.75) is 5.41 Å². The van der Waals surface area contributed by atoms with Gasteiger partial charge < -0.3 is 9.32 Å². The van der Waals surface area contributed by atoms with Crippen molar-refractivity contribution in [1.82, 2.24) is 0 Å². The van der Waals surface area contributed by atoms with Crippen LogP contribution in [0.1, 0.15) is 22.3 Å². The van der Waals surface area contributed by atoms with Crippen molar-refractivity contribution < 1.29 is 4.42 Å². The van der Waals surface area contributed by atoms with Crippen molar-refractivity contribution in [1.29, 1.82) is 0 Å². The minimum atomic E-state index is -0.457. The number of hydrogen-bond acceptors (Lipinski definition) is 3. The second-order valence-corrected chi connectivity index (χ2v) is 16.2. The standard InChI is InChI=1S/C55H35NOS/c1-2-13-37(14-3-1)55(49-21-8-4-15-43(49)44-16-5-9-22-50(44)55)38-27-31-40(32-28-38)56(41-33-34-52-48(35-41)45-17-6-10-23-51(45)57-52)39-29-25-36(26-30-39)42-19-12-20-47-46-18-7-11-24-53(46)58-54(42)47/h1-35H. The second kappa shape index (κ2) is 12.9. The smallest absolute Gasteiger partial charge is 0.135 e. The highest BCUT2D eigenvalue weighted by molar-refractivity contribution is 7.26. The Labute approximate surface area is 340 Å². The predicted octanol–water partition coefficient (Wildman–Crippen LogP) is 15.5. The van der Waals surface area contributed by atoms with Gasteiger partial charge in [0.1, 0.15) is 11.2 Å². The van der Waals surface area contributed by atoms with Gasteiger partial charge in [-0.2, -0.15) is 0 Å². The highest BCUT2D eigenvalue weighted by Crippen LogP contribution is 2.56. The maximum atomic E-state index is 6.29. The lowest BCUT2D eigenvalue weighted by Gasteiger charge is -2.34. The summed E-state index contributed by atoms with van der Waals surface area (Å²) in [5.74, 6) is 0. The molecular formula is C55H35NOS. The number of para-hydroxylation sites is 1. The summed E-state index contributed by atoms with van der Waals surface area (Å²) in [5, 5.41) is 4.84. The minimum Gasteiger partial charge on any atom is -0.456 e. The van der Waals surface area contributed by atoms with Gasteiger partial charge in [0.15, 0.2) is 0 Å². The Hall–Kier alpha value is -7.20. The molecule has 1 aliphatic carbocycles. The lowest BCUT2D eigenvalue weighted by molar-refractivity contribution is 0.669. The van der Waals surface area contributed by atoms with Gasteiger partial charge in [-0.15, -0.1) is 11.3 Å². The van der Waals surface area contributed by atoms with Crippen molar-refractivity contribution in [2.24, 2.45) is 0 Å². The van der Waals surface area contributed by atoms with Crippen molar-refractivity contribution in [3.05, 3.63) is 235 Å². The Kier molecular flexibility index (Phi) is 7.35. The highest BCUT2D eigenvalue weighted by Gasteiger charge is 2.45. The lowest BCUT2D eigenvalue weighted by Crippen LogP contribution is -2.28. The largest absolute Gasteiger partial charge is 0.456 e. The van der Waals surface area contributed by atoms with Crippen LogP contribution in [0.2, 0.25) is 0 Å². The fourth-order valence-electron chi connectivity index (χ4n) is 9.64. The lowest BCUT2D eigenvalue weighted by atomic mass is 9.68. The first-order chi connectivity index (χ1) is 28.8. The molecule has 0 aliphatic heterocycles. The van der Waals surface area contributed by atoms with Gasteiger partial charge in [0.2, 0.25) is 0 Å². The van der Waals surface area contributed by atoms with E-state index in [1.54, 1.807) is 0 Å². The number of anilines is 3. The molecular weight excluding hydrogens is 723 g/mol. The average Bonchev–Trinajstić information content (AvgIpc) is 3.96. The SMILES string of the molecule is c1ccc(C2(c3ccc(N(c4ccc(-c5cccc6c5sc5ccccc56)cc4)c4ccc5oc6ccccc6c5c4)cc3)c3ccccc3-c3ccccc32)cc1. The number of rotatable bonds is 6. The van der Waals surface area contributed by atoms with Crippen LogP contribution in [0.3, 0.4) is 0 Å². The highest BCUT2D eigenvalue weighted by atomic mass is 32.1. The first-order valence-electron chi connectivity index (χ1n) is 19.8. The number of benzene rings is 9. The van der Waals surface area contributed by atoms with E-state index in [0.29, 0.717) is 0 Å². The maximum absolute atomic E-state index is 6.29. The zero-order valence-corrected chi connectivity index (χ0v) is 32.3. The van der Waals surface area contributed by atoms with Gasteiger partial charge in [0.25, 0.3) is 0 Å². The first kappa shape index (κ1) is 33.0. The summed E-state index contributed by atoms with van der Waals surface area (Å²) in [5.41, 5.74) is 14.7. The van der Waals surface area contributed by atoms with Crippen LogP contribution >= 0.6 is 11.3 Å². The van der Waals surface area contributed by atoms with E-state index >= 15 is 0 Å². The molecule has 0 fully saturated rings. The Bertz CT molecular complexity index is 3290. The molecule has 58 heavy (non-hydrogen) atoms. The topological polar surface area (TPSA) is 16.4 Å². The number of fused-ring (bicyclic) bond motifs is 9. The summed E-state index contributed by atoms with van der Waals surface area (Å²) in [7, 11) is 0. The van der Waals surface area contributed by atoms with E-state index < -0.39 is 5.41 Å². The van der Waals surface area contributed by atoms with Gasteiger partial charge in [0.05, 0.1) is 5.41 Å². The van der Waals surface area contributed by atoms with E-state index in [9.17, 15) is 0 Å². The Morgan fingerprint density at radius 3 is 1.69 bits per heavy atom. The van der Waals surface area contributed by atoms with Gasteiger partial charge in [-0.05, 0) is 99.1 Å². The van der Waals surface area contributed by atoms with E-state index in [1.807, 2.05) is 23.5 Å². The van der Waals surface area contributed by atoms with Gasteiger partial charge in [-0.3, -0.25) is 0 Å². The van der Waals surface area contributed by atoms with Crippen molar-refractivity contribution in [3.63, 3.8) is 0 Å². The second-order valence-electron chi connectivity index (χ2n) is 15.2. The Morgan fingerprint density at radius 1 is 0.379 bits per heavy atom. The molecule has 2 aromatic heterocycles. The van der Waals surface area contributed by atoms with Crippen LogP contribution in [-0.4, -0.2) is 0 Å². The summed E-state index contributed by atoms with van der Waals surface area (Å²) in [6, 6.07) is 77.5. The molecule has 272 valence electrons. The molecule has 0 atom stereocenters. The van der Waals surface area contributed by atoms with Crippen LogP contribution in [0.5, 0.6) is 0 Å². The van der Waals surface area contributed by atoms with Crippen molar-refractivity contribution in [2.75, 3.05) is 4.90 Å². The summed E-state index contributed by atoms with van der Waals surface area (Å²) in [6.07, 6.45) is 0. The predicted molar refractivity (Wildman–Crippen MR) is 244 cm³/mol. The summed E-state index contributed by atoms with van der Waals surface area (Å²) < 4.78 is 8.93. The quantitative estimate of drug-likeness (QED) is 0.168. The molecule has 3 heteroatoms. The molecule has 0 amide bonds. The zero-order chi connectivity index (χ0) is 38.2. The van der Waals surface area contributed by atoms with E-state index in [0.717, 1.165) is 39.0 Å². The molecule has 2 nitrogen and oxygen atoms in total. The summed E-state index contributed by atoms with van der Waals surface area (Å²) >= 11 is 1.87. The molecule has 1 aliphatic rings. The van der Waals surface area contributed by atoms with Gasteiger partial charge in [-0.1, -0.05) is 158 Å². The molecule has 0 bridgehead atoms. The van der Waals surface area contributed by atoms with Crippen LogP contribution in [-0.2, 0) is 5.41 Å². The van der Waals surface area contributed by atoms with E-state index in [1.165, 1.54) is 64.7 Å². The number of thiophene rings is 1. The van der Waals surface area contributed by atoms with Crippen LogP contribution in [0, 0.1) is 0 Å². The number of furan rings is 1. The van der Waals surface area contributed by atoms with Crippen LogP contribution < -0.4 is 4.90 Å². The fraction of sp³-hybridized carbons (Fsp3) is 0.0182. The number of nitrogens with zero attached hydrogens (tertiary/aromatic N) is 1. The van der Waals surface area contributed by atoms with E-state index in [2.05, 4.69) is 205 Å². The molecule has 0 saturated heterocycles. The summed E-state index contributed by atoms with van der Waals surface area (Å²) in [4.78, 5) is 2.38. The molecule has 0 unspecified atom stereocenters. The Morgan fingerprint density at radius 2 is 0.931 bits per heavy atom. The molecule has 12 rings (SSSR count). The molecule has 0 N–H and O–H groups in total. The fourth-order valence-corrected chi connectivity index (χ4v) is 10.9. The average molecular weight is 758 g/mol. The molecule has 2 heterocycles. The van der Waals surface area contributed by atoms with Gasteiger partial charge in [-0.25, -0.2) is 0 Å². The molecule has 11 aromatic rings. The third kappa shape index (κ3) is 4.84. The molecule has 0 saturated carbocycles. The molecule has 0 spiro atoms. The zero-order valence-electron chi connectivity index (χ0n) is 31.5. The van der Waals surface area contributed by atoms with E-state index in [-0.39, 0.29) is 0 Å². The molecule has 9 aromatic carbocycles. The van der Waals surface area contributed by atoms with Crippen LogP contribution in [0.25, 0.3) is 64.4 Å². The minimum absolute atomic E-state index is 0.457. The van der Waals surface area contributed by atoms with Gasteiger partial charge >= 0.3 is 0 Å². The Balaban J connectivity index is 1.03. The van der Waals surface area contributed by atoms with Crippen molar-refractivity contribution in [3.8, 4) is 22.3 Å². The normalized spacial score (nSPS) is 13.0. The van der Waals surface area contributed by atoms with Crippen LogP contribution in [0.4, 0.5) is 17.1 Å². The third-order valence-corrected chi connectivity index (χ3v) is 13.4. The molecule has 0 radical (unpaired) electrons. The first-order valence-corrected chi connectivity index (χ1v) is 20.6. The van der Waals surface area contributed by atoms with Gasteiger partial charge in [0, 0.05) is 48.0 Å². The summed E-state index contributed by atoms with van der Waals surface area (Å²) in [6.45, 7) is 0. The third-order valence-electron chi connectivity index (χ3n) is 12.2. The monoisotopic (exact) mass is 757 g/mol. The van der Waals surface area contributed by atoms with Crippen molar-refractivity contribution >= 4 is 70.5 Å².